The predicted molar refractivity (Wildman–Crippen MR) is 90.9 cm³/mol. The minimum Gasteiger partial charge on any atom is -0.477 e. The molecule has 0 fully saturated rings. The lowest BCUT2D eigenvalue weighted by Gasteiger charge is -2.07. The van der Waals surface area contributed by atoms with Gasteiger partial charge in [0, 0.05) is 0 Å². The fourth-order valence-electron chi connectivity index (χ4n) is 2.35. The maximum atomic E-state index is 11.0. The Bertz CT molecular complexity index is 938. The molecule has 0 spiro atoms. The lowest BCUT2D eigenvalue weighted by atomic mass is 9.99. The van der Waals surface area contributed by atoms with E-state index in [4.69, 9.17) is 11.7 Å². The number of rotatable bonds is 3. The fourth-order valence-corrected chi connectivity index (χ4v) is 2.95. The van der Waals surface area contributed by atoms with E-state index in [2.05, 4.69) is 9.22 Å². The number of aromatic carboxylic acids is 1. The van der Waals surface area contributed by atoms with E-state index in [1.54, 1.807) is 6.07 Å². The summed E-state index contributed by atoms with van der Waals surface area (Å²) in [6.45, 7) is 9.45. The fraction of sp³-hybridized carbons (Fsp3) is 0.0556. The van der Waals surface area contributed by atoms with Crippen LogP contribution in [0.3, 0.4) is 0 Å². The highest BCUT2D eigenvalue weighted by Gasteiger charge is 2.12. The zero-order chi connectivity index (χ0) is 16.4. The van der Waals surface area contributed by atoms with Gasteiger partial charge in [-0.05, 0) is 47.3 Å². The molecule has 2 aromatic carbocycles. The average Bonchev–Trinajstić information content (AvgIpc) is 3.04. The summed E-state index contributed by atoms with van der Waals surface area (Å²) in [5, 5.41) is 8.99. The highest BCUT2D eigenvalue weighted by molar-refractivity contribution is 7.08. The van der Waals surface area contributed by atoms with Crippen LogP contribution in [0.25, 0.3) is 27.2 Å². The van der Waals surface area contributed by atoms with Crippen LogP contribution in [0, 0.1) is 13.5 Å². The second-order valence-electron chi connectivity index (χ2n) is 5.09. The maximum Gasteiger partial charge on any atom is 0.347 e. The van der Waals surface area contributed by atoms with Crippen LogP contribution in [0.15, 0.2) is 48.5 Å². The second kappa shape index (κ2) is 6.03. The predicted octanol–water partition coefficient (Wildman–Crippen LogP) is 5.03. The van der Waals surface area contributed by atoms with Crippen LogP contribution in [-0.4, -0.2) is 15.4 Å². The first kappa shape index (κ1) is 14.9. The molecule has 0 aliphatic heterocycles. The van der Waals surface area contributed by atoms with Crippen molar-refractivity contribution in [3.05, 3.63) is 70.4 Å². The molecule has 0 atom stereocenters. The first-order valence-corrected chi connectivity index (χ1v) is 7.65. The van der Waals surface area contributed by atoms with Crippen LogP contribution in [0.2, 0.25) is 0 Å². The van der Waals surface area contributed by atoms with Crippen molar-refractivity contribution in [2.75, 3.05) is 0 Å². The zero-order valence-corrected chi connectivity index (χ0v) is 13.1. The van der Waals surface area contributed by atoms with Crippen molar-refractivity contribution in [1.29, 1.82) is 0 Å². The number of nitrogens with zero attached hydrogens (tertiary/aromatic N) is 2. The van der Waals surface area contributed by atoms with Crippen LogP contribution in [0.5, 0.6) is 0 Å². The van der Waals surface area contributed by atoms with Gasteiger partial charge in [-0.15, -0.1) is 0 Å². The Kier molecular flexibility index (Phi) is 3.92. The second-order valence-corrected chi connectivity index (χ2v) is 5.90. The Labute approximate surface area is 137 Å². The monoisotopic (exact) mass is 320 g/mol. The normalized spacial score (nSPS) is 10.3. The Hall–Kier alpha value is -2.97. The Morgan fingerprint density at radius 3 is 2.65 bits per heavy atom. The number of carboxylic acid groups (broad SMARTS) is 1. The number of carbonyl (C=O) groups is 1. The summed E-state index contributed by atoms with van der Waals surface area (Å²) >= 11 is 0.941. The third kappa shape index (κ3) is 2.98. The molecule has 0 amide bonds. The summed E-state index contributed by atoms with van der Waals surface area (Å²) in [4.78, 5) is 14.8. The van der Waals surface area contributed by atoms with E-state index in [1.165, 1.54) is 6.07 Å². The standard InChI is InChI=1S/C18H12N2O2S/c1-11-4-3-5-12(8-11)14-7-6-13(9-16(14)19-2)15-10-17(18(21)22)23-20-15/h3-10H,1H3,(H,21,22). The van der Waals surface area contributed by atoms with Crippen LogP contribution in [0.1, 0.15) is 15.2 Å². The van der Waals surface area contributed by atoms with Gasteiger partial charge in [-0.3, -0.25) is 0 Å². The molecule has 0 radical (unpaired) electrons. The van der Waals surface area contributed by atoms with E-state index in [0.29, 0.717) is 11.4 Å². The smallest absolute Gasteiger partial charge is 0.347 e. The lowest BCUT2D eigenvalue weighted by Crippen LogP contribution is -1.90. The number of benzene rings is 2. The largest absolute Gasteiger partial charge is 0.477 e. The molecular weight excluding hydrogens is 308 g/mol. The van der Waals surface area contributed by atoms with Gasteiger partial charge in [-0.2, -0.15) is 4.37 Å². The molecule has 0 saturated heterocycles. The molecule has 0 saturated carbocycles. The number of hydrogen-bond donors (Lipinski definition) is 1. The summed E-state index contributed by atoms with van der Waals surface area (Å²) in [5.74, 6) is -0.990. The van der Waals surface area contributed by atoms with E-state index in [0.717, 1.165) is 33.8 Å². The summed E-state index contributed by atoms with van der Waals surface area (Å²) in [5.41, 5.74) is 4.84. The number of aromatic nitrogens is 1. The topological polar surface area (TPSA) is 54.5 Å². The number of hydrogen-bond acceptors (Lipinski definition) is 3. The van der Waals surface area contributed by atoms with Crippen molar-refractivity contribution >= 4 is 23.2 Å². The van der Waals surface area contributed by atoms with Crippen LogP contribution in [-0.2, 0) is 0 Å². The number of carboxylic acids is 1. The molecule has 5 heteroatoms. The van der Waals surface area contributed by atoms with Crippen LogP contribution >= 0.6 is 11.5 Å². The van der Waals surface area contributed by atoms with Gasteiger partial charge < -0.3 is 5.11 Å². The lowest BCUT2D eigenvalue weighted by molar-refractivity contribution is 0.0702. The molecule has 112 valence electrons. The minimum atomic E-state index is -0.990. The van der Waals surface area contributed by atoms with E-state index in [-0.39, 0.29) is 4.88 Å². The number of aryl methyl sites for hydroxylation is 1. The molecule has 1 aromatic heterocycles. The van der Waals surface area contributed by atoms with Crippen molar-refractivity contribution in [1.82, 2.24) is 4.37 Å². The molecule has 4 nitrogen and oxygen atoms in total. The Balaban J connectivity index is 2.06. The van der Waals surface area contributed by atoms with E-state index < -0.39 is 5.97 Å². The van der Waals surface area contributed by atoms with E-state index in [1.807, 2.05) is 43.3 Å². The van der Waals surface area contributed by atoms with E-state index >= 15 is 0 Å². The van der Waals surface area contributed by atoms with Crippen molar-refractivity contribution in [2.24, 2.45) is 0 Å². The van der Waals surface area contributed by atoms with Gasteiger partial charge in [0.05, 0.1) is 12.3 Å². The molecule has 0 aliphatic rings. The minimum absolute atomic E-state index is 0.187. The zero-order valence-electron chi connectivity index (χ0n) is 12.3. The first-order valence-electron chi connectivity index (χ1n) is 6.87. The third-order valence-corrected chi connectivity index (χ3v) is 4.24. The summed E-state index contributed by atoms with van der Waals surface area (Å²) in [6.07, 6.45) is 0. The van der Waals surface area contributed by atoms with E-state index in [9.17, 15) is 4.79 Å². The quantitative estimate of drug-likeness (QED) is 0.688. The van der Waals surface area contributed by atoms with Gasteiger partial charge in [0.25, 0.3) is 0 Å². The first-order chi connectivity index (χ1) is 11.1. The molecule has 3 aromatic rings. The molecule has 1 heterocycles. The van der Waals surface area contributed by atoms with Crippen molar-refractivity contribution in [3.8, 4) is 22.4 Å². The molecule has 0 bridgehead atoms. The van der Waals surface area contributed by atoms with Gasteiger partial charge in [0.2, 0.25) is 0 Å². The van der Waals surface area contributed by atoms with Gasteiger partial charge in [-0.25, -0.2) is 9.64 Å². The third-order valence-electron chi connectivity index (χ3n) is 3.46. The molecule has 3 rings (SSSR count). The van der Waals surface area contributed by atoms with Crippen LogP contribution < -0.4 is 0 Å². The van der Waals surface area contributed by atoms with Gasteiger partial charge in [-0.1, -0.05) is 42.0 Å². The summed E-state index contributed by atoms with van der Waals surface area (Å²) in [7, 11) is 0. The highest BCUT2D eigenvalue weighted by atomic mass is 32.1. The van der Waals surface area contributed by atoms with Gasteiger partial charge in [0.1, 0.15) is 4.88 Å². The van der Waals surface area contributed by atoms with Gasteiger partial charge >= 0.3 is 5.97 Å². The van der Waals surface area contributed by atoms with Crippen molar-refractivity contribution in [3.63, 3.8) is 0 Å². The molecule has 0 unspecified atom stereocenters. The summed E-state index contributed by atoms with van der Waals surface area (Å²) in [6, 6.07) is 15.0. The Morgan fingerprint density at radius 1 is 1.17 bits per heavy atom. The Morgan fingerprint density at radius 2 is 2.00 bits per heavy atom. The molecule has 23 heavy (non-hydrogen) atoms. The van der Waals surface area contributed by atoms with Crippen molar-refractivity contribution in [2.45, 2.75) is 6.92 Å². The maximum absolute atomic E-state index is 11.0. The molecule has 1 N–H and O–H groups in total. The summed E-state index contributed by atoms with van der Waals surface area (Å²) < 4.78 is 4.16. The SMILES string of the molecule is [C-]#[N+]c1cc(-c2cc(C(=O)O)sn2)ccc1-c1cccc(C)c1. The average molecular weight is 320 g/mol. The molecule has 0 aliphatic carbocycles. The highest BCUT2D eigenvalue weighted by Crippen LogP contribution is 2.35. The van der Waals surface area contributed by atoms with Crippen LogP contribution in [0.4, 0.5) is 5.69 Å². The van der Waals surface area contributed by atoms with Crippen molar-refractivity contribution < 1.29 is 9.90 Å². The van der Waals surface area contributed by atoms with Gasteiger partial charge in [0.15, 0.2) is 5.69 Å². The molecular formula is C18H12N2O2S.